The lowest BCUT2D eigenvalue weighted by atomic mass is 9.88. The molecule has 4 nitrogen and oxygen atoms in total. The number of rotatable bonds is 0. The minimum Gasteiger partial charge on any atom is -0.368 e. The zero-order valence-corrected chi connectivity index (χ0v) is 7.50. The van der Waals surface area contributed by atoms with Gasteiger partial charge in [0.05, 0.1) is 5.60 Å². The summed E-state index contributed by atoms with van der Waals surface area (Å²) in [6.07, 6.45) is 0.961. The van der Waals surface area contributed by atoms with Gasteiger partial charge in [-0.25, -0.2) is 0 Å². The van der Waals surface area contributed by atoms with Crippen molar-refractivity contribution in [2.75, 3.05) is 0 Å². The number of hydrogen-bond acceptors (Lipinski definition) is 4. The molecule has 0 spiro atoms. The molecular weight excluding hydrogens is 180 g/mol. The van der Waals surface area contributed by atoms with Crippen LogP contribution in [0.1, 0.15) is 19.8 Å². The van der Waals surface area contributed by atoms with Crippen LogP contribution in [-0.4, -0.2) is 31.5 Å². The van der Waals surface area contributed by atoms with Crippen molar-refractivity contribution in [3.05, 3.63) is 0 Å². The van der Waals surface area contributed by atoms with Gasteiger partial charge in [0.25, 0.3) is 10.1 Å². The van der Waals surface area contributed by atoms with Crippen LogP contribution in [0.25, 0.3) is 0 Å². The summed E-state index contributed by atoms with van der Waals surface area (Å²) in [6, 6.07) is 0. The van der Waals surface area contributed by atoms with E-state index < -0.39 is 10.1 Å². The fourth-order valence-electron chi connectivity index (χ4n) is 2.58. The Bertz CT molecular complexity index is 331. The Balaban J connectivity index is 2.13. The molecular formula is C7H10O4S. The SMILES string of the molecule is CC12CC3OS(=O)(=O)C(C1)C3O2. The molecule has 0 aromatic heterocycles. The van der Waals surface area contributed by atoms with E-state index in [1.807, 2.05) is 6.92 Å². The van der Waals surface area contributed by atoms with Crippen molar-refractivity contribution in [2.24, 2.45) is 0 Å². The second-order valence-electron chi connectivity index (χ2n) is 4.11. The van der Waals surface area contributed by atoms with Gasteiger partial charge in [-0.2, -0.15) is 8.42 Å². The van der Waals surface area contributed by atoms with E-state index in [2.05, 4.69) is 0 Å². The third kappa shape index (κ3) is 0.677. The second kappa shape index (κ2) is 1.71. The van der Waals surface area contributed by atoms with Crippen LogP contribution >= 0.6 is 0 Å². The molecule has 0 aromatic carbocycles. The Morgan fingerprint density at radius 2 is 2.17 bits per heavy atom. The zero-order chi connectivity index (χ0) is 8.56. The average Bonchev–Trinajstić information content (AvgIpc) is 2.40. The van der Waals surface area contributed by atoms with Crippen LogP contribution in [0.2, 0.25) is 0 Å². The molecule has 5 heteroatoms. The van der Waals surface area contributed by atoms with Crippen LogP contribution in [0.3, 0.4) is 0 Å². The van der Waals surface area contributed by atoms with Crippen molar-refractivity contribution in [3.8, 4) is 0 Å². The van der Waals surface area contributed by atoms with Crippen LogP contribution in [0.5, 0.6) is 0 Å². The standard InChI is InChI=1S/C7H10O4S/c1-7-2-4-6(10-7)5(3-7)12(8,9)11-4/h4-6H,2-3H2,1H3. The summed E-state index contributed by atoms with van der Waals surface area (Å²) >= 11 is 0. The molecule has 0 saturated carbocycles. The predicted molar refractivity (Wildman–Crippen MR) is 40.1 cm³/mol. The first kappa shape index (κ1) is 7.29. The van der Waals surface area contributed by atoms with Crippen molar-refractivity contribution in [3.63, 3.8) is 0 Å². The minimum atomic E-state index is -3.29. The van der Waals surface area contributed by atoms with E-state index in [1.165, 1.54) is 0 Å². The van der Waals surface area contributed by atoms with E-state index in [1.54, 1.807) is 0 Å². The summed E-state index contributed by atoms with van der Waals surface area (Å²) < 4.78 is 33.2. The molecule has 3 aliphatic rings. The van der Waals surface area contributed by atoms with E-state index in [0.717, 1.165) is 6.42 Å². The summed E-state index contributed by atoms with van der Waals surface area (Å²) in [4.78, 5) is 0. The van der Waals surface area contributed by atoms with Gasteiger partial charge in [0.1, 0.15) is 17.5 Å². The van der Waals surface area contributed by atoms with E-state index in [4.69, 9.17) is 8.92 Å². The van der Waals surface area contributed by atoms with E-state index >= 15 is 0 Å². The fraction of sp³-hybridized carbons (Fsp3) is 1.00. The normalized spacial score (nSPS) is 59.6. The topological polar surface area (TPSA) is 52.6 Å². The molecule has 0 aromatic rings. The summed E-state index contributed by atoms with van der Waals surface area (Å²) in [5, 5.41) is -0.388. The van der Waals surface area contributed by atoms with Gasteiger partial charge >= 0.3 is 0 Å². The number of hydrogen-bond donors (Lipinski definition) is 0. The van der Waals surface area contributed by atoms with Gasteiger partial charge in [-0.05, 0) is 13.3 Å². The molecule has 3 aliphatic heterocycles. The molecule has 0 radical (unpaired) electrons. The molecule has 3 saturated heterocycles. The Morgan fingerprint density at radius 1 is 1.42 bits per heavy atom. The Kier molecular flexibility index (Phi) is 1.04. The predicted octanol–water partition coefficient (Wildman–Crippen LogP) is 0.0349. The molecule has 0 N–H and O–H groups in total. The van der Waals surface area contributed by atoms with Crippen molar-refractivity contribution >= 4 is 10.1 Å². The molecule has 12 heavy (non-hydrogen) atoms. The Labute approximate surface area is 71.0 Å². The average molecular weight is 190 g/mol. The van der Waals surface area contributed by atoms with E-state index in [0.29, 0.717) is 6.42 Å². The summed E-state index contributed by atoms with van der Waals surface area (Å²) in [7, 11) is -3.29. The fourth-order valence-corrected chi connectivity index (χ4v) is 4.36. The van der Waals surface area contributed by atoms with Gasteiger partial charge in [0.2, 0.25) is 0 Å². The minimum absolute atomic E-state index is 0.181. The third-order valence-electron chi connectivity index (χ3n) is 3.05. The smallest absolute Gasteiger partial charge is 0.273 e. The van der Waals surface area contributed by atoms with Gasteiger partial charge < -0.3 is 4.74 Å². The Morgan fingerprint density at radius 3 is 2.67 bits per heavy atom. The maximum atomic E-state index is 11.3. The quantitative estimate of drug-likeness (QED) is 0.506. The maximum Gasteiger partial charge on any atom is 0.273 e. The van der Waals surface area contributed by atoms with Gasteiger partial charge in [-0.3, -0.25) is 4.18 Å². The van der Waals surface area contributed by atoms with Crippen molar-refractivity contribution < 1.29 is 17.3 Å². The highest BCUT2D eigenvalue weighted by Crippen LogP contribution is 2.52. The molecule has 68 valence electrons. The zero-order valence-electron chi connectivity index (χ0n) is 6.69. The molecule has 2 bridgehead atoms. The van der Waals surface area contributed by atoms with Gasteiger partial charge in [0, 0.05) is 6.42 Å². The maximum absolute atomic E-state index is 11.3. The summed E-state index contributed by atoms with van der Waals surface area (Å²) in [5.74, 6) is 0. The van der Waals surface area contributed by atoms with Crippen LogP contribution in [0.4, 0.5) is 0 Å². The first-order valence-corrected chi connectivity index (χ1v) is 5.57. The van der Waals surface area contributed by atoms with Crippen molar-refractivity contribution in [1.29, 1.82) is 0 Å². The molecule has 0 aliphatic carbocycles. The second-order valence-corrected chi connectivity index (χ2v) is 5.89. The molecule has 3 fully saturated rings. The van der Waals surface area contributed by atoms with Crippen LogP contribution in [-0.2, 0) is 19.0 Å². The van der Waals surface area contributed by atoms with Crippen LogP contribution < -0.4 is 0 Å². The van der Waals surface area contributed by atoms with Crippen molar-refractivity contribution in [1.82, 2.24) is 0 Å². The highest BCUT2D eigenvalue weighted by Gasteiger charge is 2.65. The largest absolute Gasteiger partial charge is 0.368 e. The van der Waals surface area contributed by atoms with E-state index in [-0.39, 0.29) is 23.1 Å². The summed E-state index contributed by atoms with van der Waals surface area (Å²) in [5.41, 5.74) is -0.233. The highest BCUT2D eigenvalue weighted by molar-refractivity contribution is 7.87. The molecule has 4 atom stereocenters. The first-order valence-electron chi connectivity index (χ1n) is 4.10. The molecule has 4 unspecified atom stereocenters. The van der Waals surface area contributed by atoms with E-state index in [9.17, 15) is 8.42 Å². The number of ether oxygens (including phenoxy) is 1. The third-order valence-corrected chi connectivity index (χ3v) is 4.74. The van der Waals surface area contributed by atoms with Gasteiger partial charge in [-0.1, -0.05) is 0 Å². The first-order chi connectivity index (χ1) is 5.50. The van der Waals surface area contributed by atoms with Crippen molar-refractivity contribution in [2.45, 2.75) is 42.8 Å². The van der Waals surface area contributed by atoms with Gasteiger partial charge in [-0.15, -0.1) is 0 Å². The highest BCUT2D eigenvalue weighted by atomic mass is 32.2. The molecule has 3 rings (SSSR count). The lowest BCUT2D eigenvalue weighted by molar-refractivity contribution is 0.0228. The van der Waals surface area contributed by atoms with Crippen LogP contribution in [0.15, 0.2) is 0 Å². The Hall–Kier alpha value is -0.130. The van der Waals surface area contributed by atoms with Crippen LogP contribution in [0, 0.1) is 0 Å². The molecule has 0 amide bonds. The number of fused-ring (bicyclic) bond motifs is 1. The lowest BCUT2D eigenvalue weighted by Gasteiger charge is -2.17. The monoisotopic (exact) mass is 190 g/mol. The lowest BCUT2D eigenvalue weighted by Crippen LogP contribution is -2.30. The summed E-state index contributed by atoms with van der Waals surface area (Å²) in [6.45, 7) is 1.96. The molecule has 3 heterocycles. The van der Waals surface area contributed by atoms with Gasteiger partial charge in [0.15, 0.2) is 0 Å².